The maximum atomic E-state index is 12.2. The molecule has 0 amide bonds. The minimum atomic E-state index is -0.242. The third-order valence-corrected chi connectivity index (χ3v) is 4.76. The first-order valence-corrected chi connectivity index (χ1v) is 7.93. The zero-order chi connectivity index (χ0) is 14.8. The fraction of sp³-hybridized carbons (Fsp3) is 0.714. The van der Waals surface area contributed by atoms with Crippen LogP contribution in [0.25, 0.3) is 0 Å². The number of aliphatic hydroxyl groups excluding tert-OH is 1. The second kappa shape index (κ2) is 6.26. The highest BCUT2D eigenvalue weighted by molar-refractivity contribution is 9.10. The molecule has 1 aliphatic carbocycles. The standard InChI is InChI=1S/C14H22BrN3O2/c1-3-14(2,6-7-19)17-11-8-16-18(9-10-4-5-10)13(20)12(11)15/h8,10,17,19H,3-7,9H2,1-2H3. The topological polar surface area (TPSA) is 67.2 Å². The van der Waals surface area contributed by atoms with E-state index < -0.39 is 0 Å². The maximum absolute atomic E-state index is 12.2. The molecule has 1 atom stereocenters. The van der Waals surface area contributed by atoms with E-state index in [1.54, 1.807) is 6.20 Å². The summed E-state index contributed by atoms with van der Waals surface area (Å²) in [6, 6.07) is 0. The van der Waals surface area contributed by atoms with Gasteiger partial charge in [-0.05, 0) is 54.5 Å². The molecule has 1 saturated carbocycles. The number of aliphatic hydroxyl groups is 1. The third kappa shape index (κ3) is 3.61. The SMILES string of the molecule is CCC(C)(CCO)Nc1cnn(CC2CC2)c(=O)c1Br. The summed E-state index contributed by atoms with van der Waals surface area (Å²) >= 11 is 3.38. The van der Waals surface area contributed by atoms with Crippen molar-refractivity contribution < 1.29 is 5.11 Å². The first-order valence-electron chi connectivity index (χ1n) is 7.14. The van der Waals surface area contributed by atoms with Gasteiger partial charge in [0, 0.05) is 18.7 Å². The van der Waals surface area contributed by atoms with Gasteiger partial charge in [0.1, 0.15) is 4.47 Å². The van der Waals surface area contributed by atoms with E-state index in [1.807, 2.05) is 6.92 Å². The summed E-state index contributed by atoms with van der Waals surface area (Å²) in [4.78, 5) is 12.2. The molecular weight excluding hydrogens is 322 g/mol. The summed E-state index contributed by atoms with van der Waals surface area (Å²) in [7, 11) is 0. The van der Waals surface area contributed by atoms with E-state index in [1.165, 1.54) is 17.5 Å². The Labute approximate surface area is 127 Å². The Hall–Kier alpha value is -0.880. The first kappa shape index (κ1) is 15.5. The quantitative estimate of drug-likeness (QED) is 0.797. The number of nitrogens with zero attached hydrogens (tertiary/aromatic N) is 2. The predicted octanol–water partition coefficient (Wildman–Crippen LogP) is 2.38. The summed E-state index contributed by atoms with van der Waals surface area (Å²) in [5, 5.41) is 16.7. The molecule has 1 heterocycles. The molecule has 0 spiro atoms. The van der Waals surface area contributed by atoms with Crippen LogP contribution in [0.4, 0.5) is 5.69 Å². The van der Waals surface area contributed by atoms with Crippen LogP contribution in [0.3, 0.4) is 0 Å². The molecule has 2 N–H and O–H groups in total. The summed E-state index contributed by atoms with van der Waals surface area (Å²) in [5.74, 6) is 0.612. The Morgan fingerprint density at radius 2 is 2.30 bits per heavy atom. The minimum Gasteiger partial charge on any atom is -0.396 e. The molecule has 0 bridgehead atoms. The van der Waals surface area contributed by atoms with Crippen molar-refractivity contribution in [3.63, 3.8) is 0 Å². The van der Waals surface area contributed by atoms with Gasteiger partial charge >= 0.3 is 0 Å². The van der Waals surface area contributed by atoms with Crippen molar-refractivity contribution in [2.24, 2.45) is 5.92 Å². The average molecular weight is 344 g/mol. The number of nitrogens with one attached hydrogen (secondary N) is 1. The van der Waals surface area contributed by atoms with Crippen molar-refractivity contribution in [2.75, 3.05) is 11.9 Å². The molecule has 5 nitrogen and oxygen atoms in total. The fourth-order valence-corrected chi connectivity index (χ4v) is 2.53. The number of aromatic nitrogens is 2. The van der Waals surface area contributed by atoms with Gasteiger partial charge in [0.15, 0.2) is 0 Å². The number of hydrogen-bond donors (Lipinski definition) is 2. The monoisotopic (exact) mass is 343 g/mol. The van der Waals surface area contributed by atoms with E-state index in [9.17, 15) is 4.79 Å². The van der Waals surface area contributed by atoms with E-state index >= 15 is 0 Å². The summed E-state index contributed by atoms with van der Waals surface area (Å²) in [6.07, 6.45) is 5.55. The van der Waals surface area contributed by atoms with Gasteiger partial charge in [-0.15, -0.1) is 0 Å². The molecule has 20 heavy (non-hydrogen) atoms. The largest absolute Gasteiger partial charge is 0.396 e. The summed E-state index contributed by atoms with van der Waals surface area (Å²) < 4.78 is 2.05. The number of halogens is 1. The van der Waals surface area contributed by atoms with Gasteiger partial charge in [0.25, 0.3) is 5.56 Å². The van der Waals surface area contributed by atoms with Gasteiger partial charge in [-0.2, -0.15) is 5.10 Å². The van der Waals surface area contributed by atoms with Crippen LogP contribution in [-0.4, -0.2) is 27.0 Å². The average Bonchev–Trinajstić information content (AvgIpc) is 3.23. The van der Waals surface area contributed by atoms with Crippen LogP contribution in [0.15, 0.2) is 15.5 Å². The number of hydrogen-bond acceptors (Lipinski definition) is 4. The Balaban J connectivity index is 2.20. The molecular formula is C14H22BrN3O2. The number of anilines is 1. The summed E-state index contributed by atoms with van der Waals surface area (Å²) in [5.41, 5.74) is 0.359. The first-order chi connectivity index (χ1) is 9.49. The van der Waals surface area contributed by atoms with Crippen molar-refractivity contribution in [1.29, 1.82) is 0 Å². The third-order valence-electron chi connectivity index (χ3n) is 3.99. The zero-order valence-electron chi connectivity index (χ0n) is 12.0. The molecule has 1 fully saturated rings. The zero-order valence-corrected chi connectivity index (χ0v) is 13.6. The lowest BCUT2D eigenvalue weighted by Gasteiger charge is -2.30. The second-order valence-electron chi connectivity index (χ2n) is 5.82. The van der Waals surface area contributed by atoms with Crippen molar-refractivity contribution in [2.45, 2.75) is 51.6 Å². The molecule has 0 aromatic carbocycles. The van der Waals surface area contributed by atoms with E-state index in [4.69, 9.17) is 5.11 Å². The molecule has 0 radical (unpaired) electrons. The summed E-state index contributed by atoms with van der Waals surface area (Å²) in [6.45, 7) is 4.91. The van der Waals surface area contributed by atoms with Crippen molar-refractivity contribution in [1.82, 2.24) is 9.78 Å². The lowest BCUT2D eigenvalue weighted by atomic mass is 9.95. The van der Waals surface area contributed by atoms with Gasteiger partial charge in [-0.1, -0.05) is 6.92 Å². The predicted molar refractivity (Wildman–Crippen MR) is 82.9 cm³/mol. The molecule has 1 aromatic heterocycles. The lowest BCUT2D eigenvalue weighted by molar-refractivity contribution is 0.252. The molecule has 0 aliphatic heterocycles. The fourth-order valence-electron chi connectivity index (χ4n) is 2.13. The highest BCUT2D eigenvalue weighted by Crippen LogP contribution is 2.30. The van der Waals surface area contributed by atoms with Crippen LogP contribution in [0.1, 0.15) is 39.5 Å². The van der Waals surface area contributed by atoms with Crippen LogP contribution >= 0.6 is 15.9 Å². The Morgan fingerprint density at radius 3 is 2.85 bits per heavy atom. The minimum absolute atomic E-state index is 0.0932. The molecule has 0 saturated heterocycles. The molecule has 6 heteroatoms. The van der Waals surface area contributed by atoms with E-state index in [2.05, 4.69) is 33.3 Å². The van der Waals surface area contributed by atoms with Crippen LogP contribution in [0, 0.1) is 5.92 Å². The Kier molecular flexibility index (Phi) is 4.86. The molecule has 1 aliphatic rings. The van der Waals surface area contributed by atoms with Gasteiger partial charge in [-0.25, -0.2) is 4.68 Å². The van der Waals surface area contributed by atoms with Crippen molar-refractivity contribution in [3.8, 4) is 0 Å². The molecule has 1 aromatic rings. The molecule has 112 valence electrons. The highest BCUT2D eigenvalue weighted by atomic mass is 79.9. The van der Waals surface area contributed by atoms with Gasteiger partial charge in [0.2, 0.25) is 0 Å². The van der Waals surface area contributed by atoms with Gasteiger partial charge < -0.3 is 10.4 Å². The van der Waals surface area contributed by atoms with Crippen LogP contribution in [-0.2, 0) is 6.54 Å². The van der Waals surface area contributed by atoms with E-state index in [-0.39, 0.29) is 17.7 Å². The van der Waals surface area contributed by atoms with E-state index in [0.717, 1.165) is 6.42 Å². The van der Waals surface area contributed by atoms with Crippen molar-refractivity contribution in [3.05, 3.63) is 21.0 Å². The Bertz CT molecular complexity index is 528. The maximum Gasteiger partial charge on any atom is 0.283 e. The van der Waals surface area contributed by atoms with E-state index in [0.29, 0.717) is 29.0 Å². The van der Waals surface area contributed by atoms with Gasteiger partial charge in [0.05, 0.1) is 11.9 Å². The lowest BCUT2D eigenvalue weighted by Crippen LogP contribution is -2.36. The normalized spacial score (nSPS) is 17.8. The highest BCUT2D eigenvalue weighted by Gasteiger charge is 2.25. The second-order valence-corrected chi connectivity index (χ2v) is 6.61. The number of rotatable bonds is 7. The van der Waals surface area contributed by atoms with Gasteiger partial charge in [-0.3, -0.25) is 4.79 Å². The van der Waals surface area contributed by atoms with Crippen LogP contribution in [0.2, 0.25) is 0 Å². The van der Waals surface area contributed by atoms with Crippen LogP contribution < -0.4 is 10.9 Å². The Morgan fingerprint density at radius 1 is 1.60 bits per heavy atom. The molecule has 2 rings (SSSR count). The van der Waals surface area contributed by atoms with Crippen LogP contribution in [0.5, 0.6) is 0 Å². The molecule has 1 unspecified atom stereocenters. The van der Waals surface area contributed by atoms with Crippen molar-refractivity contribution >= 4 is 21.6 Å². The smallest absolute Gasteiger partial charge is 0.283 e.